The van der Waals surface area contributed by atoms with Crippen molar-refractivity contribution in [3.05, 3.63) is 40.3 Å². The largest absolute Gasteiger partial charge is 0.452 e. The summed E-state index contributed by atoms with van der Waals surface area (Å²) in [6.07, 6.45) is -3.81. The highest BCUT2D eigenvalue weighted by Gasteiger charge is 2.36. The van der Waals surface area contributed by atoms with Crippen molar-refractivity contribution < 1.29 is 31.0 Å². The predicted octanol–water partition coefficient (Wildman–Crippen LogP) is 3.59. The summed E-state index contributed by atoms with van der Waals surface area (Å²) in [7, 11) is -4.12. The molecule has 0 bridgehead atoms. The van der Waals surface area contributed by atoms with Crippen LogP contribution in [0, 0.1) is 10.1 Å². The number of thiazole rings is 1. The number of nitrogens with one attached hydrogen (secondary N) is 1. The lowest BCUT2D eigenvalue weighted by Crippen LogP contribution is -2.10. The van der Waals surface area contributed by atoms with E-state index in [2.05, 4.69) is 19.4 Å². The highest BCUT2D eigenvalue weighted by molar-refractivity contribution is 7.95. The Bertz CT molecular complexity index is 1070. The van der Waals surface area contributed by atoms with Crippen molar-refractivity contribution in [2.75, 3.05) is 4.72 Å². The SMILES string of the molecule is O=[N+]([O-])c1cnc(NS(=O)(=O)c2ccc(-c3cc(C(F)(F)F)on3)s2)s1. The van der Waals surface area contributed by atoms with Gasteiger partial charge in [-0.3, -0.25) is 14.8 Å². The highest BCUT2D eigenvalue weighted by atomic mass is 32.2. The van der Waals surface area contributed by atoms with Gasteiger partial charge < -0.3 is 4.52 Å². The number of alkyl halides is 3. The van der Waals surface area contributed by atoms with Crippen LogP contribution < -0.4 is 4.72 Å². The summed E-state index contributed by atoms with van der Waals surface area (Å²) in [5, 5.41) is 13.3. The molecule has 3 aromatic heterocycles. The van der Waals surface area contributed by atoms with Crippen LogP contribution >= 0.6 is 22.7 Å². The average Bonchev–Trinajstić information content (AvgIpc) is 3.26. The molecule has 3 aromatic rings. The summed E-state index contributed by atoms with van der Waals surface area (Å²) in [6.45, 7) is 0. The van der Waals surface area contributed by atoms with E-state index in [1.54, 1.807) is 0 Å². The zero-order chi connectivity index (χ0) is 19.1. The number of thiophene rings is 1. The lowest BCUT2D eigenvalue weighted by molar-refractivity contribution is -0.380. The van der Waals surface area contributed by atoms with Crippen molar-refractivity contribution in [1.82, 2.24) is 10.1 Å². The molecule has 0 fully saturated rings. The topological polar surface area (TPSA) is 128 Å². The first-order valence-electron chi connectivity index (χ1n) is 6.33. The van der Waals surface area contributed by atoms with E-state index in [1.165, 1.54) is 6.07 Å². The van der Waals surface area contributed by atoms with E-state index in [0.29, 0.717) is 28.7 Å². The van der Waals surface area contributed by atoms with Gasteiger partial charge in [0, 0.05) is 6.07 Å². The van der Waals surface area contributed by atoms with Crippen LogP contribution in [0.2, 0.25) is 0 Å². The van der Waals surface area contributed by atoms with Gasteiger partial charge in [0.25, 0.3) is 10.0 Å². The fourth-order valence-corrected chi connectivity index (χ4v) is 4.82. The third-order valence-electron chi connectivity index (χ3n) is 2.78. The van der Waals surface area contributed by atoms with Crippen LogP contribution in [0.15, 0.2) is 33.1 Å². The molecule has 0 unspecified atom stereocenters. The molecule has 0 aliphatic rings. The van der Waals surface area contributed by atoms with Crippen LogP contribution in [0.4, 0.5) is 23.3 Å². The maximum absolute atomic E-state index is 12.5. The van der Waals surface area contributed by atoms with Gasteiger partial charge in [-0.15, -0.1) is 11.3 Å². The lowest BCUT2D eigenvalue weighted by Gasteiger charge is -2.00. The second-order valence-electron chi connectivity index (χ2n) is 4.56. The Labute approximate surface area is 150 Å². The number of sulfonamides is 1. The van der Waals surface area contributed by atoms with Gasteiger partial charge in [-0.05, 0) is 23.5 Å². The minimum Gasteiger partial charge on any atom is -0.351 e. The minimum absolute atomic E-state index is 0.134. The normalized spacial score (nSPS) is 12.3. The van der Waals surface area contributed by atoms with Gasteiger partial charge >= 0.3 is 11.2 Å². The molecule has 138 valence electrons. The van der Waals surface area contributed by atoms with Gasteiger partial charge in [-0.1, -0.05) is 5.16 Å². The first-order valence-corrected chi connectivity index (χ1v) is 9.45. The molecular formula is C11H5F3N4O5S3. The zero-order valence-electron chi connectivity index (χ0n) is 12.1. The Hall–Kier alpha value is -2.52. The molecule has 9 nitrogen and oxygen atoms in total. The van der Waals surface area contributed by atoms with Gasteiger partial charge in [0.05, 0.1) is 9.80 Å². The molecular weight excluding hydrogens is 421 g/mol. The summed E-state index contributed by atoms with van der Waals surface area (Å²) in [4.78, 5) is 13.6. The van der Waals surface area contributed by atoms with E-state index in [9.17, 15) is 31.7 Å². The minimum atomic E-state index is -4.71. The van der Waals surface area contributed by atoms with E-state index >= 15 is 0 Å². The number of hydrogen-bond donors (Lipinski definition) is 1. The smallest absolute Gasteiger partial charge is 0.351 e. The van der Waals surface area contributed by atoms with Crippen LogP contribution in [0.5, 0.6) is 0 Å². The average molecular weight is 426 g/mol. The van der Waals surface area contributed by atoms with Gasteiger partial charge in [0.15, 0.2) is 0 Å². The number of aromatic nitrogens is 2. The van der Waals surface area contributed by atoms with E-state index in [0.717, 1.165) is 12.3 Å². The maximum atomic E-state index is 12.5. The van der Waals surface area contributed by atoms with E-state index in [-0.39, 0.29) is 24.9 Å². The van der Waals surface area contributed by atoms with Crippen LogP contribution in [0.3, 0.4) is 0 Å². The molecule has 0 saturated carbocycles. The Balaban J connectivity index is 1.83. The third-order valence-corrected chi connectivity index (χ3v) is 6.72. The number of halogens is 3. The molecule has 15 heteroatoms. The third kappa shape index (κ3) is 3.68. The molecule has 0 aromatic carbocycles. The van der Waals surface area contributed by atoms with Crippen LogP contribution in [0.25, 0.3) is 10.6 Å². The standard InChI is InChI=1S/C11H5F3N4O5S3/c12-11(13,14)7-3-5(16-23-7)6-1-2-9(24-6)26(21,22)17-10-15-4-8(25-10)18(19)20/h1-4H,(H,15,17). The Morgan fingerprint density at radius 3 is 2.58 bits per heavy atom. The number of nitro groups is 1. The summed E-state index contributed by atoms with van der Waals surface area (Å²) in [5.41, 5.74) is -0.173. The van der Waals surface area contributed by atoms with Crippen LogP contribution in [-0.4, -0.2) is 23.5 Å². The number of anilines is 1. The summed E-state index contributed by atoms with van der Waals surface area (Å²) in [6, 6.07) is 3.08. The number of hydrogen-bond acceptors (Lipinski definition) is 9. The number of rotatable bonds is 5. The predicted molar refractivity (Wildman–Crippen MR) is 84.4 cm³/mol. The Kier molecular flexibility index (Phi) is 4.45. The van der Waals surface area contributed by atoms with Crippen molar-refractivity contribution in [3.8, 4) is 10.6 Å². The highest BCUT2D eigenvalue weighted by Crippen LogP contribution is 2.36. The summed E-state index contributed by atoms with van der Waals surface area (Å²) >= 11 is 1.18. The Morgan fingerprint density at radius 2 is 2.00 bits per heavy atom. The summed E-state index contributed by atoms with van der Waals surface area (Å²) < 4.78 is 68.1. The van der Waals surface area contributed by atoms with Gasteiger partial charge in [0.2, 0.25) is 10.9 Å². The van der Waals surface area contributed by atoms with Crippen molar-refractivity contribution in [2.24, 2.45) is 0 Å². The van der Waals surface area contributed by atoms with Crippen molar-refractivity contribution in [2.45, 2.75) is 10.4 Å². The van der Waals surface area contributed by atoms with Gasteiger partial charge in [0.1, 0.15) is 16.1 Å². The van der Waals surface area contributed by atoms with Crippen molar-refractivity contribution in [1.29, 1.82) is 0 Å². The number of nitrogens with zero attached hydrogens (tertiary/aromatic N) is 3. The zero-order valence-corrected chi connectivity index (χ0v) is 14.5. The Morgan fingerprint density at radius 1 is 1.27 bits per heavy atom. The molecule has 3 rings (SSSR count). The van der Waals surface area contributed by atoms with Gasteiger partial charge in [-0.2, -0.15) is 13.2 Å². The van der Waals surface area contributed by atoms with E-state index < -0.39 is 26.9 Å². The van der Waals surface area contributed by atoms with Gasteiger partial charge in [-0.25, -0.2) is 13.4 Å². The molecule has 0 aliphatic heterocycles. The first kappa shape index (κ1) is 18.3. The monoisotopic (exact) mass is 426 g/mol. The van der Waals surface area contributed by atoms with E-state index in [1.807, 2.05) is 0 Å². The second-order valence-corrected chi connectivity index (χ2v) is 8.56. The molecule has 0 atom stereocenters. The second kappa shape index (κ2) is 6.33. The summed E-state index contributed by atoms with van der Waals surface area (Å²) in [5.74, 6) is -1.31. The van der Waals surface area contributed by atoms with Crippen LogP contribution in [-0.2, 0) is 16.2 Å². The first-order chi connectivity index (χ1) is 12.1. The fraction of sp³-hybridized carbons (Fsp3) is 0.0909. The lowest BCUT2D eigenvalue weighted by atomic mass is 10.3. The van der Waals surface area contributed by atoms with Crippen molar-refractivity contribution in [3.63, 3.8) is 0 Å². The molecule has 0 saturated heterocycles. The van der Waals surface area contributed by atoms with E-state index in [4.69, 9.17) is 0 Å². The molecule has 3 heterocycles. The molecule has 1 N–H and O–H groups in total. The molecule has 0 aliphatic carbocycles. The molecule has 0 radical (unpaired) electrons. The molecule has 0 amide bonds. The molecule has 26 heavy (non-hydrogen) atoms. The quantitative estimate of drug-likeness (QED) is 0.488. The fourth-order valence-electron chi connectivity index (χ4n) is 1.69. The molecule has 0 spiro atoms. The van der Waals surface area contributed by atoms with Crippen LogP contribution in [0.1, 0.15) is 5.76 Å². The maximum Gasteiger partial charge on any atom is 0.452 e. The van der Waals surface area contributed by atoms with Crippen molar-refractivity contribution >= 4 is 42.8 Å².